The molecule has 15 heteroatoms. The van der Waals surface area contributed by atoms with Gasteiger partial charge in [0.1, 0.15) is 12.4 Å². The molecule has 5 heterocycles. The number of nitrogens with zero attached hydrogens (tertiary/aromatic N) is 8. The number of pyridine rings is 2. The van der Waals surface area contributed by atoms with Gasteiger partial charge in [0.25, 0.3) is 0 Å². The summed E-state index contributed by atoms with van der Waals surface area (Å²) in [6, 6.07) is 5.21. The zero-order valence-electron chi connectivity index (χ0n) is 19.0. The topological polar surface area (TPSA) is 125 Å². The molecule has 5 rings (SSSR count). The third-order valence-corrected chi connectivity index (χ3v) is 6.44. The molecule has 0 spiro atoms. The summed E-state index contributed by atoms with van der Waals surface area (Å²) < 4.78 is 41.2. The van der Waals surface area contributed by atoms with Gasteiger partial charge in [0.05, 0.1) is 40.7 Å². The van der Waals surface area contributed by atoms with E-state index in [0.29, 0.717) is 44.8 Å². The van der Waals surface area contributed by atoms with E-state index in [0.717, 1.165) is 9.58 Å². The number of aliphatic hydroxyl groups excluding tert-OH is 1. The largest absolute Gasteiger partial charge is 0.465 e. The summed E-state index contributed by atoms with van der Waals surface area (Å²) in [5.41, 5.74) is 1.47. The lowest BCUT2D eigenvalue weighted by atomic mass is 10.2. The number of aliphatic hydroxyl groups is 1. The fourth-order valence-corrected chi connectivity index (χ4v) is 4.62. The minimum absolute atomic E-state index is 0.00225. The van der Waals surface area contributed by atoms with E-state index in [-0.39, 0.29) is 19.6 Å². The van der Waals surface area contributed by atoms with Crippen LogP contribution in [0.2, 0.25) is 0 Å². The van der Waals surface area contributed by atoms with Gasteiger partial charge in [-0.3, -0.25) is 9.67 Å². The molecule has 0 saturated carbocycles. The molecule has 0 aromatic carbocycles. The van der Waals surface area contributed by atoms with E-state index in [9.17, 15) is 28.2 Å². The molecule has 1 saturated heterocycles. The molecule has 1 amide bonds. The molecule has 1 aliphatic rings. The van der Waals surface area contributed by atoms with Crippen molar-refractivity contribution in [2.24, 2.45) is 0 Å². The minimum atomic E-state index is -4.39. The Morgan fingerprint density at radius 3 is 2.70 bits per heavy atom. The average Bonchev–Trinajstić information content (AvgIpc) is 3.41. The van der Waals surface area contributed by atoms with E-state index < -0.39 is 24.9 Å². The lowest BCUT2D eigenvalue weighted by Crippen LogP contribution is -2.36. The van der Waals surface area contributed by atoms with Crippen LogP contribution in [-0.4, -0.2) is 89.2 Å². The van der Waals surface area contributed by atoms with Gasteiger partial charge in [-0.1, -0.05) is 0 Å². The van der Waals surface area contributed by atoms with E-state index in [1.807, 2.05) is 0 Å². The number of aromatic nitrogens is 6. The van der Waals surface area contributed by atoms with Crippen molar-refractivity contribution in [1.29, 1.82) is 0 Å². The summed E-state index contributed by atoms with van der Waals surface area (Å²) in [7, 11) is 0. The summed E-state index contributed by atoms with van der Waals surface area (Å²) in [4.78, 5) is 23.4. The van der Waals surface area contributed by atoms with Crippen molar-refractivity contribution in [2.75, 3.05) is 31.1 Å². The Hall–Kier alpha value is -3.72. The van der Waals surface area contributed by atoms with Crippen LogP contribution in [0.1, 0.15) is 0 Å². The van der Waals surface area contributed by atoms with Crippen LogP contribution in [0, 0.1) is 0 Å². The van der Waals surface area contributed by atoms with Gasteiger partial charge < -0.3 is 20.0 Å². The van der Waals surface area contributed by atoms with Crippen LogP contribution in [0.4, 0.5) is 23.8 Å². The Kier molecular flexibility index (Phi) is 6.49. The Bertz CT molecular complexity index is 1460. The van der Waals surface area contributed by atoms with Crippen molar-refractivity contribution < 1.29 is 28.2 Å². The summed E-state index contributed by atoms with van der Waals surface area (Å²) in [5.74, 6) is 0.960. The van der Waals surface area contributed by atoms with E-state index in [1.54, 1.807) is 40.2 Å². The molecule has 37 heavy (non-hydrogen) atoms. The number of fused-ring (bicyclic) bond motifs is 1. The number of carboxylic acid groups (broad SMARTS) is 1. The van der Waals surface area contributed by atoms with Crippen molar-refractivity contribution >= 4 is 38.7 Å². The first kappa shape index (κ1) is 25.0. The fraction of sp³-hybridized carbons (Fsp3) is 0.318. The number of anilines is 1. The molecule has 2 N–H and O–H groups in total. The predicted molar refractivity (Wildman–Crippen MR) is 129 cm³/mol. The van der Waals surface area contributed by atoms with Gasteiger partial charge >= 0.3 is 12.3 Å². The average molecular weight is 581 g/mol. The standard InChI is InChI=1S/C22H20BrF3N8O3/c23-16-1-2-19(30-20(16)31-3-4-32(21(36)37)11-15(35)10-31)34-18-5-17(27-6-13(18)7-29-34)14-8-28-33(9-14)12-22(24,25)26/h1-2,5-9,15,35H,3-4,10-12H2,(H,36,37). The van der Waals surface area contributed by atoms with Gasteiger partial charge in [0.2, 0.25) is 0 Å². The van der Waals surface area contributed by atoms with Crippen LogP contribution in [0.5, 0.6) is 0 Å². The third kappa shape index (κ3) is 5.36. The lowest BCUT2D eigenvalue weighted by Gasteiger charge is -2.24. The highest BCUT2D eigenvalue weighted by Crippen LogP contribution is 2.29. The second kappa shape index (κ2) is 9.63. The number of hydrogen-bond donors (Lipinski definition) is 2. The second-order valence-electron chi connectivity index (χ2n) is 8.53. The summed E-state index contributed by atoms with van der Waals surface area (Å²) in [5, 5.41) is 28.6. The number of rotatable bonds is 4. The van der Waals surface area contributed by atoms with Gasteiger partial charge in [0, 0.05) is 43.0 Å². The summed E-state index contributed by atoms with van der Waals surface area (Å²) in [6.45, 7) is -0.480. The maximum absolute atomic E-state index is 12.7. The number of carbonyl (C=O) groups is 1. The minimum Gasteiger partial charge on any atom is -0.465 e. The van der Waals surface area contributed by atoms with Crippen molar-refractivity contribution in [3.05, 3.63) is 47.5 Å². The highest BCUT2D eigenvalue weighted by molar-refractivity contribution is 9.10. The number of β-amino-alcohol motifs (C(OH)–C–C–N with tert-alkyl or cyclic N) is 1. The summed E-state index contributed by atoms with van der Waals surface area (Å²) in [6.07, 6.45) is -0.611. The summed E-state index contributed by atoms with van der Waals surface area (Å²) >= 11 is 3.49. The number of halogens is 4. The van der Waals surface area contributed by atoms with Gasteiger partial charge in [-0.25, -0.2) is 14.5 Å². The molecule has 4 aromatic rings. The van der Waals surface area contributed by atoms with Crippen LogP contribution in [0.25, 0.3) is 28.0 Å². The van der Waals surface area contributed by atoms with Crippen molar-refractivity contribution in [1.82, 2.24) is 34.4 Å². The quantitative estimate of drug-likeness (QED) is 0.377. The van der Waals surface area contributed by atoms with E-state index >= 15 is 0 Å². The van der Waals surface area contributed by atoms with Crippen molar-refractivity contribution in [3.8, 4) is 17.1 Å². The molecular formula is C22H20BrF3N8O3. The molecule has 4 aromatic heterocycles. The van der Waals surface area contributed by atoms with Crippen LogP contribution in [0.3, 0.4) is 0 Å². The maximum Gasteiger partial charge on any atom is 0.408 e. The molecule has 1 aliphatic heterocycles. The molecule has 1 atom stereocenters. The van der Waals surface area contributed by atoms with Crippen LogP contribution in [-0.2, 0) is 6.54 Å². The van der Waals surface area contributed by atoms with E-state index in [1.165, 1.54) is 12.4 Å². The number of amides is 1. The SMILES string of the molecule is O=C(O)N1CCN(c2nc(-n3ncc4cnc(-c5cnn(CC(F)(F)F)c5)cc43)ccc2Br)CC(O)C1. The molecular weight excluding hydrogens is 561 g/mol. The van der Waals surface area contributed by atoms with Crippen molar-refractivity contribution in [3.63, 3.8) is 0 Å². The highest BCUT2D eigenvalue weighted by atomic mass is 79.9. The number of hydrogen-bond acceptors (Lipinski definition) is 7. The maximum atomic E-state index is 12.7. The molecule has 1 fully saturated rings. The Labute approximate surface area is 215 Å². The van der Waals surface area contributed by atoms with Gasteiger partial charge in [0.15, 0.2) is 5.82 Å². The Balaban J connectivity index is 1.47. The van der Waals surface area contributed by atoms with Crippen molar-refractivity contribution in [2.45, 2.75) is 18.8 Å². The molecule has 0 aliphatic carbocycles. The fourth-order valence-electron chi connectivity index (χ4n) is 4.14. The van der Waals surface area contributed by atoms with Gasteiger partial charge in [-0.2, -0.15) is 23.4 Å². The van der Waals surface area contributed by atoms with Gasteiger partial charge in [-0.05, 0) is 34.1 Å². The Morgan fingerprint density at radius 2 is 1.95 bits per heavy atom. The van der Waals surface area contributed by atoms with Crippen LogP contribution in [0.15, 0.2) is 47.5 Å². The molecule has 194 valence electrons. The first-order valence-electron chi connectivity index (χ1n) is 11.1. The molecule has 0 radical (unpaired) electrons. The molecule has 11 nitrogen and oxygen atoms in total. The number of alkyl halides is 3. The van der Waals surface area contributed by atoms with E-state index in [2.05, 4.69) is 31.1 Å². The normalized spacial score (nSPS) is 16.8. The first-order valence-corrected chi connectivity index (χ1v) is 11.9. The zero-order valence-corrected chi connectivity index (χ0v) is 20.6. The third-order valence-electron chi connectivity index (χ3n) is 5.82. The second-order valence-corrected chi connectivity index (χ2v) is 9.38. The lowest BCUT2D eigenvalue weighted by molar-refractivity contribution is -0.142. The molecule has 1 unspecified atom stereocenters. The Morgan fingerprint density at radius 1 is 1.14 bits per heavy atom. The van der Waals surface area contributed by atoms with E-state index in [4.69, 9.17) is 4.98 Å². The highest BCUT2D eigenvalue weighted by Gasteiger charge is 2.29. The molecule has 0 bridgehead atoms. The van der Waals surface area contributed by atoms with Crippen LogP contribution < -0.4 is 4.90 Å². The monoisotopic (exact) mass is 580 g/mol. The smallest absolute Gasteiger partial charge is 0.408 e. The zero-order chi connectivity index (χ0) is 26.3. The van der Waals surface area contributed by atoms with Gasteiger partial charge in [-0.15, -0.1) is 0 Å². The predicted octanol–water partition coefficient (Wildman–Crippen LogP) is 3.16. The van der Waals surface area contributed by atoms with Crippen LogP contribution >= 0.6 is 15.9 Å². The first-order chi connectivity index (χ1) is 17.6.